The van der Waals surface area contributed by atoms with Gasteiger partial charge in [0, 0.05) is 13.4 Å². The molecule has 0 aliphatic carbocycles. The molecule has 0 fully saturated rings. The van der Waals surface area contributed by atoms with Crippen molar-refractivity contribution in [1.82, 2.24) is 0 Å². The van der Waals surface area contributed by atoms with Crippen LogP contribution in [0.5, 0.6) is 0 Å². The summed E-state index contributed by atoms with van der Waals surface area (Å²) in [6, 6.07) is 19.5. The number of rotatable bonds is 5. The summed E-state index contributed by atoms with van der Waals surface area (Å²) in [6.45, 7) is 6.87. The third-order valence-corrected chi connectivity index (χ3v) is 6.15. The van der Waals surface area contributed by atoms with Gasteiger partial charge in [0.2, 0.25) is 0 Å². The van der Waals surface area contributed by atoms with Crippen LogP contribution in [-0.2, 0) is 5.60 Å². The molecule has 0 heterocycles. The topological polar surface area (TPSA) is 20.2 Å². The maximum atomic E-state index is 11.0. The van der Waals surface area contributed by atoms with Gasteiger partial charge in [0.05, 0.1) is 5.60 Å². The summed E-state index contributed by atoms with van der Waals surface area (Å²) in [5, 5.41) is 11.6. The number of benzene rings is 2. The third kappa shape index (κ3) is 4.28. The van der Waals surface area contributed by atoms with Crippen molar-refractivity contribution in [3.8, 4) is 11.1 Å². The van der Waals surface area contributed by atoms with Gasteiger partial charge < -0.3 is 5.11 Å². The van der Waals surface area contributed by atoms with Crippen molar-refractivity contribution in [2.45, 2.75) is 31.3 Å². The minimum atomic E-state index is -1.35. The molecule has 0 aromatic heterocycles. The minimum Gasteiger partial charge on any atom is -0.385 e. The molecule has 0 bridgehead atoms. The van der Waals surface area contributed by atoms with E-state index in [1.54, 1.807) is 0 Å². The lowest BCUT2D eigenvalue weighted by Crippen LogP contribution is -2.37. The second-order valence-corrected chi connectivity index (χ2v) is 12.9. The molecule has 21 heavy (non-hydrogen) atoms. The van der Waals surface area contributed by atoms with Gasteiger partial charge in [-0.25, -0.2) is 0 Å². The zero-order chi connectivity index (χ0) is 15.5. The van der Waals surface area contributed by atoms with Crippen LogP contribution in [0, 0.1) is 0 Å². The van der Waals surface area contributed by atoms with E-state index in [9.17, 15) is 5.11 Å². The molecule has 112 valence electrons. The summed E-state index contributed by atoms with van der Waals surface area (Å²) in [7, 11) is -1.35. The van der Waals surface area contributed by atoms with Crippen molar-refractivity contribution in [2.75, 3.05) is 5.33 Å². The number of halogens is 1. The molecule has 0 radical (unpaired) electrons. The number of hydrogen-bond donors (Lipinski definition) is 1. The van der Waals surface area contributed by atoms with Crippen LogP contribution in [0.3, 0.4) is 0 Å². The number of alkyl halides is 1. The summed E-state index contributed by atoms with van der Waals surface area (Å²) in [4.78, 5) is 0. The molecule has 0 aliphatic rings. The lowest BCUT2D eigenvalue weighted by atomic mass is 9.95. The fourth-order valence-corrected chi connectivity index (χ4v) is 5.68. The molecule has 0 amide bonds. The van der Waals surface area contributed by atoms with E-state index in [4.69, 9.17) is 0 Å². The molecule has 1 nitrogen and oxygen atoms in total. The Labute approximate surface area is 137 Å². The molecule has 3 heteroatoms. The van der Waals surface area contributed by atoms with Crippen LogP contribution in [-0.4, -0.2) is 18.5 Å². The fourth-order valence-electron chi connectivity index (χ4n) is 2.71. The SMILES string of the molecule is C[Si](C)(C)CC(O)(CBr)c1ccc(-c2ccccc2)cc1. The Hall–Kier alpha value is -0.903. The van der Waals surface area contributed by atoms with Crippen molar-refractivity contribution in [2.24, 2.45) is 0 Å². The molecule has 2 aromatic carbocycles. The number of hydrogen-bond acceptors (Lipinski definition) is 1. The predicted octanol–water partition coefficient (Wildman–Crippen LogP) is 5.27. The minimum absolute atomic E-state index is 0.578. The van der Waals surface area contributed by atoms with E-state index in [0.717, 1.165) is 11.6 Å². The second kappa shape index (κ2) is 6.47. The molecule has 0 spiro atoms. The summed E-state index contributed by atoms with van der Waals surface area (Å²) in [5.41, 5.74) is 2.63. The van der Waals surface area contributed by atoms with Crippen molar-refractivity contribution in [1.29, 1.82) is 0 Å². The molecular weight excluding hydrogens is 340 g/mol. The van der Waals surface area contributed by atoms with Crippen molar-refractivity contribution >= 4 is 24.0 Å². The molecule has 0 saturated carbocycles. The van der Waals surface area contributed by atoms with Gasteiger partial charge in [-0.2, -0.15) is 0 Å². The van der Waals surface area contributed by atoms with Gasteiger partial charge in [0.25, 0.3) is 0 Å². The highest BCUT2D eigenvalue weighted by atomic mass is 79.9. The van der Waals surface area contributed by atoms with E-state index in [1.165, 1.54) is 11.1 Å². The second-order valence-electron chi connectivity index (χ2n) is 6.85. The van der Waals surface area contributed by atoms with Crippen LogP contribution in [0.4, 0.5) is 0 Å². The van der Waals surface area contributed by atoms with Crippen LogP contribution in [0.15, 0.2) is 54.6 Å². The maximum absolute atomic E-state index is 11.0. The Morgan fingerprint density at radius 1 is 0.905 bits per heavy atom. The monoisotopic (exact) mass is 362 g/mol. The smallest absolute Gasteiger partial charge is 0.0969 e. The zero-order valence-electron chi connectivity index (χ0n) is 12.9. The summed E-state index contributed by atoms with van der Waals surface area (Å²) >= 11 is 3.50. The average molecular weight is 363 g/mol. The first-order chi connectivity index (χ1) is 9.84. The van der Waals surface area contributed by atoms with Crippen molar-refractivity contribution < 1.29 is 5.11 Å². The molecular formula is C18H23BrOSi. The third-order valence-electron chi connectivity index (χ3n) is 3.57. The predicted molar refractivity (Wildman–Crippen MR) is 97.7 cm³/mol. The van der Waals surface area contributed by atoms with E-state index in [2.05, 4.69) is 72.0 Å². The van der Waals surface area contributed by atoms with Crippen LogP contribution in [0.1, 0.15) is 5.56 Å². The Morgan fingerprint density at radius 2 is 1.43 bits per heavy atom. The molecule has 0 saturated heterocycles. The Kier molecular flexibility index (Phi) is 5.07. The van der Waals surface area contributed by atoms with Gasteiger partial charge in [-0.15, -0.1) is 0 Å². The lowest BCUT2D eigenvalue weighted by Gasteiger charge is -2.32. The van der Waals surface area contributed by atoms with Crippen LogP contribution < -0.4 is 0 Å². The van der Waals surface area contributed by atoms with E-state index in [1.807, 2.05) is 18.2 Å². The average Bonchev–Trinajstić information content (AvgIpc) is 2.46. The van der Waals surface area contributed by atoms with E-state index in [-0.39, 0.29) is 0 Å². The van der Waals surface area contributed by atoms with Gasteiger partial charge in [-0.3, -0.25) is 0 Å². The van der Waals surface area contributed by atoms with Gasteiger partial charge in [-0.05, 0) is 22.7 Å². The highest BCUT2D eigenvalue weighted by molar-refractivity contribution is 9.09. The first kappa shape index (κ1) is 16.5. The Morgan fingerprint density at radius 3 is 1.90 bits per heavy atom. The molecule has 1 unspecified atom stereocenters. The maximum Gasteiger partial charge on any atom is 0.0969 e. The van der Waals surface area contributed by atoms with Crippen molar-refractivity contribution in [3.63, 3.8) is 0 Å². The molecule has 0 aliphatic heterocycles. The lowest BCUT2D eigenvalue weighted by molar-refractivity contribution is 0.0837. The Bertz CT molecular complexity index is 574. The highest BCUT2D eigenvalue weighted by Gasteiger charge is 2.33. The summed E-state index contributed by atoms with van der Waals surface area (Å²) in [5.74, 6) is 0. The van der Waals surface area contributed by atoms with E-state index >= 15 is 0 Å². The van der Waals surface area contributed by atoms with E-state index < -0.39 is 13.7 Å². The van der Waals surface area contributed by atoms with E-state index in [0.29, 0.717) is 5.33 Å². The summed E-state index contributed by atoms with van der Waals surface area (Å²) in [6.07, 6.45) is 0. The van der Waals surface area contributed by atoms with Crippen molar-refractivity contribution in [3.05, 3.63) is 60.2 Å². The van der Waals surface area contributed by atoms with Gasteiger partial charge >= 0.3 is 0 Å². The Balaban J connectivity index is 2.29. The van der Waals surface area contributed by atoms with Crippen LogP contribution >= 0.6 is 15.9 Å². The fraction of sp³-hybridized carbons (Fsp3) is 0.333. The first-order valence-electron chi connectivity index (χ1n) is 7.28. The molecule has 2 aromatic rings. The largest absolute Gasteiger partial charge is 0.385 e. The quantitative estimate of drug-likeness (QED) is 0.566. The normalized spacial score (nSPS) is 14.7. The number of aliphatic hydroxyl groups is 1. The van der Waals surface area contributed by atoms with Gasteiger partial charge in [0.15, 0.2) is 0 Å². The van der Waals surface area contributed by atoms with Crippen LogP contribution in [0.2, 0.25) is 25.7 Å². The highest BCUT2D eigenvalue weighted by Crippen LogP contribution is 2.34. The van der Waals surface area contributed by atoms with Crippen LogP contribution in [0.25, 0.3) is 11.1 Å². The molecule has 1 atom stereocenters. The molecule has 2 rings (SSSR count). The standard InChI is InChI=1S/C18H23BrOSi/c1-21(2,3)14-18(20,13-19)17-11-9-16(10-12-17)15-7-5-4-6-8-15/h4-12,20H,13-14H2,1-3H3. The zero-order valence-corrected chi connectivity index (χ0v) is 15.5. The van der Waals surface area contributed by atoms with Gasteiger partial charge in [-0.1, -0.05) is 90.2 Å². The molecule has 1 N–H and O–H groups in total. The van der Waals surface area contributed by atoms with Gasteiger partial charge in [0.1, 0.15) is 0 Å². The summed E-state index contributed by atoms with van der Waals surface area (Å²) < 4.78 is 0. The first-order valence-corrected chi connectivity index (χ1v) is 12.1.